The van der Waals surface area contributed by atoms with Gasteiger partial charge >= 0.3 is 5.97 Å². The van der Waals surface area contributed by atoms with E-state index in [1.54, 1.807) is 0 Å². The molecule has 4 rings (SSSR count). The average molecular weight is 424 g/mol. The molecular weight excluding hydrogens is 396 g/mol. The Labute approximate surface area is 181 Å². The number of aromatic nitrogens is 3. The van der Waals surface area contributed by atoms with Crippen LogP contribution in [0.3, 0.4) is 0 Å². The minimum atomic E-state index is -0.0965. The van der Waals surface area contributed by atoms with Gasteiger partial charge in [0, 0.05) is 18.4 Å². The SMILES string of the molecule is COC(=O)C1CC[NH+](Cn2nc(-c3ccccc3)n(-c3cccc(C)c3)c2=S)CC1. The summed E-state index contributed by atoms with van der Waals surface area (Å²) >= 11 is 5.87. The molecule has 0 amide bonds. The first-order valence-corrected chi connectivity index (χ1v) is 10.7. The molecule has 1 N–H and O–H groups in total. The van der Waals surface area contributed by atoms with Gasteiger partial charge < -0.3 is 9.64 Å². The van der Waals surface area contributed by atoms with Crippen LogP contribution < -0.4 is 4.90 Å². The molecule has 6 nitrogen and oxygen atoms in total. The highest BCUT2D eigenvalue weighted by Gasteiger charge is 2.28. The Morgan fingerprint density at radius 1 is 1.17 bits per heavy atom. The van der Waals surface area contributed by atoms with Gasteiger partial charge in [0.25, 0.3) is 0 Å². The van der Waals surface area contributed by atoms with E-state index in [4.69, 9.17) is 22.1 Å². The lowest BCUT2D eigenvalue weighted by Crippen LogP contribution is -3.12. The molecule has 0 unspecified atom stereocenters. The fourth-order valence-corrected chi connectivity index (χ4v) is 4.38. The van der Waals surface area contributed by atoms with Gasteiger partial charge in [0.15, 0.2) is 12.5 Å². The second-order valence-corrected chi connectivity index (χ2v) is 8.22. The molecule has 1 saturated heterocycles. The van der Waals surface area contributed by atoms with Crippen molar-refractivity contribution in [1.29, 1.82) is 0 Å². The molecule has 1 aliphatic rings. The first-order chi connectivity index (χ1) is 14.6. The smallest absolute Gasteiger partial charge is 0.309 e. The van der Waals surface area contributed by atoms with Crippen molar-refractivity contribution >= 4 is 18.2 Å². The number of ether oxygens (including phenoxy) is 1. The highest BCUT2D eigenvalue weighted by atomic mass is 32.1. The minimum Gasteiger partial charge on any atom is -0.469 e. The zero-order valence-electron chi connectivity index (χ0n) is 17.4. The molecular formula is C23H27N4O2S+. The van der Waals surface area contributed by atoms with Gasteiger partial charge in [-0.3, -0.25) is 9.36 Å². The summed E-state index contributed by atoms with van der Waals surface area (Å²) in [5.41, 5.74) is 3.23. The fourth-order valence-electron chi connectivity index (χ4n) is 4.08. The number of hydrogen-bond acceptors (Lipinski definition) is 4. The Morgan fingerprint density at radius 2 is 1.90 bits per heavy atom. The number of hydrogen-bond donors (Lipinski definition) is 1. The van der Waals surface area contributed by atoms with Crippen LogP contribution in [0.15, 0.2) is 54.6 Å². The van der Waals surface area contributed by atoms with Crippen LogP contribution in [0.1, 0.15) is 18.4 Å². The van der Waals surface area contributed by atoms with Gasteiger partial charge in [-0.2, -0.15) is 4.68 Å². The summed E-state index contributed by atoms with van der Waals surface area (Å²) in [5, 5.41) is 4.91. The quantitative estimate of drug-likeness (QED) is 0.507. The van der Waals surface area contributed by atoms with E-state index in [0.29, 0.717) is 11.4 Å². The molecule has 1 fully saturated rings. The number of aryl methyl sites for hydroxylation is 1. The highest BCUT2D eigenvalue weighted by molar-refractivity contribution is 7.71. The molecule has 0 aliphatic carbocycles. The predicted octanol–water partition coefficient (Wildman–Crippen LogP) is 2.80. The molecule has 156 valence electrons. The maximum Gasteiger partial charge on any atom is 0.309 e. The van der Waals surface area contributed by atoms with E-state index in [1.807, 2.05) is 28.9 Å². The summed E-state index contributed by atoms with van der Waals surface area (Å²) in [6.07, 6.45) is 1.67. The fraction of sp³-hybridized carbons (Fsp3) is 0.348. The number of carbonyl (C=O) groups excluding carboxylic acids is 1. The molecule has 2 aromatic carbocycles. The van der Waals surface area contributed by atoms with Gasteiger partial charge in [0.2, 0.25) is 4.77 Å². The molecule has 0 spiro atoms. The number of piperidine rings is 1. The number of esters is 1. The normalized spacial score (nSPS) is 18.9. The first-order valence-electron chi connectivity index (χ1n) is 10.3. The molecule has 3 aromatic rings. The number of rotatable bonds is 5. The van der Waals surface area contributed by atoms with Gasteiger partial charge in [-0.1, -0.05) is 42.5 Å². The molecule has 0 bridgehead atoms. The van der Waals surface area contributed by atoms with E-state index in [-0.39, 0.29) is 11.9 Å². The van der Waals surface area contributed by atoms with Crippen LogP contribution in [-0.4, -0.2) is 40.5 Å². The van der Waals surface area contributed by atoms with Crippen LogP contribution in [0, 0.1) is 17.6 Å². The first kappa shape index (κ1) is 20.5. The number of quaternary nitrogens is 1. The molecule has 7 heteroatoms. The Balaban J connectivity index is 1.65. The lowest BCUT2D eigenvalue weighted by molar-refractivity contribution is -0.929. The third kappa shape index (κ3) is 4.22. The molecule has 0 radical (unpaired) electrons. The van der Waals surface area contributed by atoms with Crippen LogP contribution in [-0.2, 0) is 16.2 Å². The van der Waals surface area contributed by atoms with Crippen molar-refractivity contribution < 1.29 is 14.4 Å². The number of benzene rings is 2. The third-order valence-electron chi connectivity index (χ3n) is 5.73. The van der Waals surface area contributed by atoms with Crippen molar-refractivity contribution in [3.05, 3.63) is 64.9 Å². The monoisotopic (exact) mass is 423 g/mol. The lowest BCUT2D eigenvalue weighted by Gasteiger charge is -2.27. The maximum absolute atomic E-state index is 11.8. The Morgan fingerprint density at radius 3 is 2.57 bits per heavy atom. The summed E-state index contributed by atoms with van der Waals surface area (Å²) in [7, 11) is 1.46. The van der Waals surface area contributed by atoms with Crippen molar-refractivity contribution in [3.8, 4) is 17.1 Å². The Bertz CT molecular complexity index is 1080. The Hall–Kier alpha value is -2.77. The van der Waals surface area contributed by atoms with Gasteiger partial charge in [-0.25, -0.2) is 0 Å². The summed E-state index contributed by atoms with van der Waals surface area (Å²) in [6.45, 7) is 4.57. The summed E-state index contributed by atoms with van der Waals surface area (Å²) in [5.74, 6) is 0.757. The van der Waals surface area contributed by atoms with Crippen LogP contribution in [0.2, 0.25) is 0 Å². The third-order valence-corrected chi connectivity index (χ3v) is 6.13. The average Bonchev–Trinajstić information content (AvgIpc) is 3.10. The van der Waals surface area contributed by atoms with Gasteiger partial charge in [0.05, 0.1) is 31.8 Å². The van der Waals surface area contributed by atoms with E-state index in [2.05, 4.69) is 41.8 Å². The standard InChI is InChI=1S/C23H26N4O2S/c1-17-7-6-10-20(15-17)27-21(18-8-4-3-5-9-18)24-26(23(27)30)16-25-13-11-19(12-14-25)22(28)29-2/h3-10,15,19H,11-14,16H2,1-2H3/p+1. The van der Waals surface area contributed by atoms with Gasteiger partial charge in [-0.15, -0.1) is 5.10 Å². The topological polar surface area (TPSA) is 53.5 Å². The Kier molecular flexibility index (Phi) is 6.11. The summed E-state index contributed by atoms with van der Waals surface area (Å²) < 4.78 is 9.56. The minimum absolute atomic E-state index is 0.0106. The number of nitrogens with one attached hydrogen (secondary N) is 1. The highest BCUT2D eigenvalue weighted by Crippen LogP contribution is 2.23. The van der Waals surface area contributed by atoms with Crippen molar-refractivity contribution in [3.63, 3.8) is 0 Å². The number of carbonyl (C=O) groups is 1. The predicted molar refractivity (Wildman–Crippen MR) is 118 cm³/mol. The van der Waals surface area contributed by atoms with Crippen molar-refractivity contribution in [2.45, 2.75) is 26.4 Å². The largest absolute Gasteiger partial charge is 0.469 e. The van der Waals surface area contributed by atoms with E-state index in [1.165, 1.54) is 17.6 Å². The molecule has 0 saturated carbocycles. The van der Waals surface area contributed by atoms with Crippen molar-refractivity contribution in [2.24, 2.45) is 5.92 Å². The van der Waals surface area contributed by atoms with Crippen LogP contribution in [0.4, 0.5) is 0 Å². The zero-order chi connectivity index (χ0) is 21.1. The summed E-state index contributed by atoms with van der Waals surface area (Å²) in [6, 6.07) is 18.5. The zero-order valence-corrected chi connectivity index (χ0v) is 18.2. The number of methoxy groups -OCH3 is 1. The van der Waals surface area contributed by atoms with Gasteiger partial charge in [0.1, 0.15) is 0 Å². The van der Waals surface area contributed by atoms with Crippen LogP contribution in [0.25, 0.3) is 17.1 Å². The van der Waals surface area contributed by atoms with Crippen molar-refractivity contribution in [1.82, 2.24) is 14.3 Å². The van der Waals surface area contributed by atoms with E-state index >= 15 is 0 Å². The van der Waals surface area contributed by atoms with Crippen LogP contribution in [0.5, 0.6) is 0 Å². The lowest BCUT2D eigenvalue weighted by atomic mass is 9.97. The number of likely N-dealkylation sites (tertiary alicyclic amines) is 1. The van der Waals surface area contributed by atoms with E-state index < -0.39 is 0 Å². The van der Waals surface area contributed by atoms with Crippen molar-refractivity contribution in [2.75, 3.05) is 20.2 Å². The van der Waals surface area contributed by atoms with Gasteiger partial charge in [-0.05, 0) is 36.8 Å². The maximum atomic E-state index is 11.8. The van der Waals surface area contributed by atoms with E-state index in [9.17, 15) is 4.79 Å². The summed E-state index contributed by atoms with van der Waals surface area (Å²) in [4.78, 5) is 13.2. The van der Waals surface area contributed by atoms with Crippen LogP contribution >= 0.6 is 12.2 Å². The molecule has 2 heterocycles. The molecule has 1 aromatic heterocycles. The number of nitrogens with zero attached hydrogens (tertiary/aromatic N) is 3. The second-order valence-electron chi connectivity index (χ2n) is 7.85. The second kappa shape index (κ2) is 8.93. The van der Waals surface area contributed by atoms with E-state index in [0.717, 1.165) is 43.0 Å². The molecule has 30 heavy (non-hydrogen) atoms. The molecule has 0 atom stereocenters. The molecule has 1 aliphatic heterocycles.